The first-order valence-corrected chi connectivity index (χ1v) is 13.9. The summed E-state index contributed by atoms with van der Waals surface area (Å²) in [6.07, 6.45) is 1.68. The molecule has 9 heteroatoms. The molecule has 2 rings (SSSR count). The van der Waals surface area contributed by atoms with Crippen molar-refractivity contribution in [3.05, 3.63) is 60.7 Å². The zero-order valence-corrected chi connectivity index (χ0v) is 17.9. The smallest absolute Gasteiger partial charge is 0.173 e. The Hall–Kier alpha value is -0.810. The number of benzene rings is 2. The van der Waals surface area contributed by atoms with E-state index in [0.29, 0.717) is 9.79 Å². The van der Waals surface area contributed by atoms with Crippen LogP contribution in [0.15, 0.2) is 70.5 Å². The van der Waals surface area contributed by atoms with Gasteiger partial charge in [-0.15, -0.1) is 0 Å². The van der Waals surface area contributed by atoms with Crippen molar-refractivity contribution in [3.8, 4) is 0 Å². The highest BCUT2D eigenvalue weighted by Gasteiger charge is 2.18. The van der Waals surface area contributed by atoms with Crippen LogP contribution < -0.4 is 5.14 Å². The average Bonchev–Trinajstić information content (AvgIpc) is 2.65. The van der Waals surface area contributed by atoms with E-state index in [4.69, 9.17) is 24.7 Å². The highest BCUT2D eigenvalue weighted by Crippen LogP contribution is 2.18. The zero-order chi connectivity index (χ0) is 19.2. The molecular weight excluding hydrogens is 410 g/mol. The van der Waals surface area contributed by atoms with Crippen LogP contribution in [0, 0.1) is 5.92 Å². The molecule has 0 aliphatic heterocycles. The maximum atomic E-state index is 13.2. The molecule has 4 unspecified atom stereocenters. The van der Waals surface area contributed by atoms with Gasteiger partial charge in [-0.2, -0.15) is 0 Å². The first-order valence-electron chi connectivity index (χ1n) is 7.84. The number of nitrogens with two attached hydrogens (primary N) is 1. The summed E-state index contributed by atoms with van der Waals surface area (Å²) >= 11 is 5.09. The van der Waals surface area contributed by atoms with Gasteiger partial charge in [0, 0.05) is 17.1 Å². The van der Waals surface area contributed by atoms with Gasteiger partial charge in [-0.05, 0) is 40.2 Å². The Morgan fingerprint density at radius 1 is 0.962 bits per heavy atom. The second kappa shape index (κ2) is 9.41. The minimum Gasteiger partial charge on any atom is -0.289 e. The molecule has 5 nitrogen and oxygen atoms in total. The van der Waals surface area contributed by atoms with Gasteiger partial charge < -0.3 is 0 Å². The topological polar surface area (TPSA) is 78.6 Å². The van der Waals surface area contributed by atoms with Gasteiger partial charge in [0.2, 0.25) is 0 Å². The third-order valence-corrected chi connectivity index (χ3v) is 10.5. The summed E-state index contributed by atoms with van der Waals surface area (Å²) in [7, 11) is -6.78. The van der Waals surface area contributed by atoms with Crippen LogP contribution in [-0.2, 0) is 46.7 Å². The minimum atomic E-state index is -2.99. The monoisotopic (exact) mass is 433 g/mol. The van der Waals surface area contributed by atoms with Crippen LogP contribution in [0.3, 0.4) is 0 Å². The molecule has 0 amide bonds. The fraction of sp³-hybridized carbons (Fsp3) is 0.294. The van der Waals surface area contributed by atoms with Gasteiger partial charge in [-0.25, -0.2) is 8.42 Å². The largest absolute Gasteiger partial charge is 0.289 e. The summed E-state index contributed by atoms with van der Waals surface area (Å²) in [5.74, 6) is -0.157. The molecule has 0 saturated heterocycles. The Morgan fingerprint density at radius 2 is 1.42 bits per heavy atom. The van der Waals surface area contributed by atoms with Crippen LogP contribution in [0.25, 0.3) is 0 Å². The third kappa shape index (κ3) is 5.59. The predicted molar refractivity (Wildman–Crippen MR) is 112 cm³/mol. The van der Waals surface area contributed by atoms with E-state index in [0.717, 1.165) is 0 Å². The summed E-state index contributed by atoms with van der Waals surface area (Å²) in [4.78, 5) is 1.03. The number of hydrogen-bond acceptors (Lipinski definition) is 5. The van der Waals surface area contributed by atoms with Gasteiger partial charge in [0.25, 0.3) is 0 Å². The second-order valence-corrected chi connectivity index (χ2v) is 14.1. The van der Waals surface area contributed by atoms with Crippen molar-refractivity contribution in [2.45, 2.75) is 16.7 Å². The molecule has 26 heavy (non-hydrogen) atoms. The number of rotatable bonds is 8. The molecule has 0 radical (unpaired) electrons. The molecule has 0 bridgehead atoms. The molecule has 0 aliphatic rings. The van der Waals surface area contributed by atoms with Gasteiger partial charge in [0.1, 0.15) is 8.77 Å². The van der Waals surface area contributed by atoms with Crippen molar-refractivity contribution in [2.75, 3.05) is 19.5 Å². The van der Waals surface area contributed by atoms with Gasteiger partial charge in [-0.1, -0.05) is 43.3 Å². The van der Waals surface area contributed by atoms with Crippen LogP contribution in [0.1, 0.15) is 6.92 Å². The highest BCUT2D eigenvalue weighted by molar-refractivity contribution is 8.44. The Bertz CT molecular complexity index is 933. The van der Waals surface area contributed by atoms with Gasteiger partial charge >= 0.3 is 0 Å². The minimum absolute atomic E-state index is 0.129. The Kier molecular flexibility index (Phi) is 7.77. The molecule has 2 aromatic carbocycles. The summed E-state index contributed by atoms with van der Waals surface area (Å²) in [5.41, 5.74) is 0. The summed E-state index contributed by atoms with van der Waals surface area (Å²) < 4.78 is 36.8. The van der Waals surface area contributed by atoms with Crippen molar-refractivity contribution in [1.82, 2.24) is 0 Å². The van der Waals surface area contributed by atoms with E-state index in [2.05, 4.69) is 0 Å². The van der Waals surface area contributed by atoms with Crippen LogP contribution >= 0.6 is 0 Å². The molecule has 0 aliphatic carbocycles. The fourth-order valence-corrected chi connectivity index (χ4v) is 6.90. The van der Waals surface area contributed by atoms with E-state index in [1.54, 1.807) is 54.8 Å². The first kappa shape index (κ1) is 21.5. The van der Waals surface area contributed by atoms with Gasteiger partial charge in [0.15, 0.2) is 8.77 Å². The molecule has 0 spiro atoms. The molecule has 144 valence electrons. The lowest BCUT2D eigenvalue weighted by atomic mass is 10.2. The Labute approximate surface area is 162 Å². The molecule has 4 atom stereocenters. The van der Waals surface area contributed by atoms with E-state index in [1.807, 2.05) is 19.1 Å². The molecule has 0 heterocycles. The van der Waals surface area contributed by atoms with Crippen molar-refractivity contribution in [3.63, 3.8) is 0 Å². The lowest BCUT2D eigenvalue weighted by molar-refractivity contribution is 0.210. The van der Waals surface area contributed by atoms with E-state index in [9.17, 15) is 8.42 Å². The van der Waals surface area contributed by atoms with Crippen LogP contribution in [-0.4, -0.2) is 27.9 Å². The molecular formula is C17H23NO4S4. The van der Waals surface area contributed by atoms with E-state index in [1.165, 1.54) is 0 Å². The Balaban J connectivity index is 2.01. The molecule has 0 saturated carbocycles. The van der Waals surface area contributed by atoms with Crippen molar-refractivity contribution in [1.29, 1.82) is 0 Å². The highest BCUT2D eigenvalue weighted by atomic mass is 32.9. The summed E-state index contributed by atoms with van der Waals surface area (Å²) in [6, 6.07) is 17.6. The van der Waals surface area contributed by atoms with Crippen molar-refractivity contribution < 1.29 is 16.8 Å². The van der Waals surface area contributed by atoms with Gasteiger partial charge in [0.05, 0.1) is 23.0 Å². The molecule has 2 N–H and O–H groups in total. The third-order valence-electron chi connectivity index (χ3n) is 3.43. The van der Waals surface area contributed by atoms with E-state index >= 15 is 0 Å². The first-order chi connectivity index (χ1) is 12.3. The molecule has 2 aromatic rings. The number of hydrogen-bond donors (Lipinski definition) is 1. The second-order valence-electron chi connectivity index (χ2n) is 5.71. The maximum absolute atomic E-state index is 13.2. The average molecular weight is 434 g/mol. The lowest BCUT2D eigenvalue weighted by Gasteiger charge is -2.18. The fourth-order valence-electron chi connectivity index (χ4n) is 2.00. The van der Waals surface area contributed by atoms with Crippen LogP contribution in [0.5, 0.6) is 0 Å². The van der Waals surface area contributed by atoms with Crippen molar-refractivity contribution >= 4 is 38.4 Å². The standard InChI is InChI=1S/C17H23NO4S4/c1-15(13-21-25(19,23)16-9-5-3-6-10-16)14-22-26(20,24(2)18)17-11-7-4-8-12-17/h3-12,15H,13-14,18H2,1-2H3. The van der Waals surface area contributed by atoms with E-state index in [-0.39, 0.29) is 19.1 Å². The SMILES string of the molecule is CC(COS(=O)(=S)c1ccccc1)COS(=O)(c1ccccc1)=S(C)N. The Morgan fingerprint density at radius 3 is 1.92 bits per heavy atom. The van der Waals surface area contributed by atoms with Crippen molar-refractivity contribution in [2.24, 2.45) is 11.1 Å². The van der Waals surface area contributed by atoms with E-state index < -0.39 is 27.2 Å². The van der Waals surface area contributed by atoms with Gasteiger partial charge in [-0.3, -0.25) is 13.5 Å². The quantitative estimate of drug-likeness (QED) is 0.690. The lowest BCUT2D eigenvalue weighted by Crippen LogP contribution is -2.23. The molecule has 0 aromatic heterocycles. The summed E-state index contributed by atoms with van der Waals surface area (Å²) in [6.45, 7) is 2.14. The van der Waals surface area contributed by atoms with Crippen LogP contribution in [0.2, 0.25) is 0 Å². The van der Waals surface area contributed by atoms with Crippen LogP contribution in [0.4, 0.5) is 0 Å². The molecule has 0 fully saturated rings. The predicted octanol–water partition coefficient (Wildman–Crippen LogP) is 2.67. The summed E-state index contributed by atoms with van der Waals surface area (Å²) in [5, 5.41) is 5.94. The maximum Gasteiger partial charge on any atom is 0.173 e. The normalized spacial score (nSPS) is 18.4. The zero-order valence-electron chi connectivity index (χ0n) is 14.6.